The molecule has 0 amide bonds. The third-order valence-corrected chi connectivity index (χ3v) is 5.69. The van der Waals surface area contributed by atoms with Gasteiger partial charge in [0.1, 0.15) is 11.6 Å². The fraction of sp³-hybridized carbons (Fsp3) is 0.550. The molecule has 1 saturated carbocycles. The summed E-state index contributed by atoms with van der Waals surface area (Å²) in [7, 11) is 0. The Morgan fingerprint density at radius 1 is 1.04 bits per heavy atom. The lowest BCUT2D eigenvalue weighted by molar-refractivity contribution is -0.138. The highest BCUT2D eigenvalue weighted by Crippen LogP contribution is 2.45. The van der Waals surface area contributed by atoms with Crippen LogP contribution in [-0.2, 0) is 26.3 Å². The third kappa shape index (κ3) is 3.82. The van der Waals surface area contributed by atoms with Crippen LogP contribution in [0.3, 0.4) is 0 Å². The van der Waals surface area contributed by atoms with Crippen molar-refractivity contribution in [2.45, 2.75) is 56.9 Å². The summed E-state index contributed by atoms with van der Waals surface area (Å²) >= 11 is 0. The molecule has 5 heteroatoms. The number of nitrogens with zero attached hydrogens (tertiary/aromatic N) is 1. The quantitative estimate of drug-likeness (QED) is 0.859. The van der Waals surface area contributed by atoms with Gasteiger partial charge in [0.15, 0.2) is 0 Å². The van der Waals surface area contributed by atoms with Gasteiger partial charge >= 0.3 is 5.97 Å². The standard InChI is InChI=1S/C20H25NO4/c22-16(5-6-19(24)25)10-14-21-13-9-15-3-1-2-4-18(15)20(21)11-7-17(23)8-12-20/h1-4H,5-14H2,(H,24,25). The summed E-state index contributed by atoms with van der Waals surface area (Å²) in [5.41, 5.74) is 2.52. The van der Waals surface area contributed by atoms with Gasteiger partial charge in [-0.2, -0.15) is 0 Å². The van der Waals surface area contributed by atoms with Gasteiger partial charge in [-0.1, -0.05) is 24.3 Å². The van der Waals surface area contributed by atoms with E-state index in [0.717, 1.165) is 25.8 Å². The van der Waals surface area contributed by atoms with Gasteiger partial charge < -0.3 is 5.11 Å². The third-order valence-electron chi connectivity index (χ3n) is 5.69. The van der Waals surface area contributed by atoms with Gasteiger partial charge in [0.25, 0.3) is 0 Å². The number of carboxylic acid groups (broad SMARTS) is 1. The van der Waals surface area contributed by atoms with Crippen molar-refractivity contribution >= 4 is 17.5 Å². The molecule has 1 heterocycles. The number of aliphatic carboxylic acids is 1. The van der Waals surface area contributed by atoms with Gasteiger partial charge in [-0.05, 0) is 30.4 Å². The lowest BCUT2D eigenvalue weighted by atomic mass is 9.71. The minimum atomic E-state index is -0.928. The molecule has 25 heavy (non-hydrogen) atoms. The first kappa shape index (κ1) is 17.8. The average Bonchev–Trinajstić information content (AvgIpc) is 2.62. The van der Waals surface area contributed by atoms with Crippen molar-refractivity contribution in [3.8, 4) is 0 Å². The topological polar surface area (TPSA) is 74.7 Å². The van der Waals surface area contributed by atoms with Crippen molar-refractivity contribution in [2.24, 2.45) is 0 Å². The molecule has 0 aromatic heterocycles. The molecular weight excluding hydrogens is 318 g/mol. The summed E-state index contributed by atoms with van der Waals surface area (Å²) in [5, 5.41) is 8.72. The first-order chi connectivity index (χ1) is 12.0. The Labute approximate surface area is 148 Å². The van der Waals surface area contributed by atoms with E-state index >= 15 is 0 Å². The van der Waals surface area contributed by atoms with Crippen LogP contribution >= 0.6 is 0 Å². The predicted molar refractivity (Wildman–Crippen MR) is 93.4 cm³/mol. The Balaban J connectivity index is 1.75. The van der Waals surface area contributed by atoms with Crippen LogP contribution < -0.4 is 0 Å². The number of benzene rings is 1. The molecule has 134 valence electrons. The average molecular weight is 343 g/mol. The number of hydrogen-bond donors (Lipinski definition) is 1. The molecule has 3 rings (SSSR count). The Bertz CT molecular complexity index is 672. The molecule has 5 nitrogen and oxygen atoms in total. The smallest absolute Gasteiger partial charge is 0.303 e. The van der Waals surface area contributed by atoms with Crippen molar-refractivity contribution in [1.29, 1.82) is 0 Å². The zero-order valence-electron chi connectivity index (χ0n) is 14.5. The lowest BCUT2D eigenvalue weighted by Crippen LogP contribution is -2.53. The second-order valence-electron chi connectivity index (χ2n) is 7.15. The number of fused-ring (bicyclic) bond motifs is 2. The Morgan fingerprint density at radius 2 is 1.76 bits per heavy atom. The molecule has 0 saturated heterocycles. The van der Waals surface area contributed by atoms with Gasteiger partial charge in [-0.25, -0.2) is 0 Å². The predicted octanol–water partition coefficient (Wildman–Crippen LogP) is 2.71. The van der Waals surface area contributed by atoms with E-state index < -0.39 is 5.97 Å². The summed E-state index contributed by atoms with van der Waals surface area (Å²) in [6.45, 7) is 1.53. The molecular formula is C20H25NO4. The second kappa shape index (κ2) is 7.48. The van der Waals surface area contributed by atoms with E-state index in [-0.39, 0.29) is 24.2 Å². The van der Waals surface area contributed by atoms with Gasteiger partial charge in [0, 0.05) is 44.3 Å². The van der Waals surface area contributed by atoms with Crippen LogP contribution in [0, 0.1) is 0 Å². The second-order valence-corrected chi connectivity index (χ2v) is 7.15. The molecule has 1 aromatic carbocycles. The molecule has 0 bridgehead atoms. The fourth-order valence-electron chi connectivity index (χ4n) is 4.32. The molecule has 0 atom stereocenters. The van der Waals surface area contributed by atoms with Crippen molar-refractivity contribution in [1.82, 2.24) is 4.90 Å². The molecule has 1 fully saturated rings. The summed E-state index contributed by atoms with van der Waals surface area (Å²) in [6, 6.07) is 8.45. The number of carbonyl (C=O) groups excluding carboxylic acids is 2. The Hall–Kier alpha value is -2.01. The normalized spacial score (nSPS) is 19.6. The first-order valence-corrected chi connectivity index (χ1v) is 9.10. The SMILES string of the molecule is O=C(O)CCC(=O)CCN1CCc2ccccc2C12CCC(=O)CC2. The molecule has 0 unspecified atom stereocenters. The summed E-state index contributed by atoms with van der Waals surface area (Å²) < 4.78 is 0. The van der Waals surface area contributed by atoms with Gasteiger partial charge in [-0.15, -0.1) is 0 Å². The number of carbonyl (C=O) groups is 3. The van der Waals surface area contributed by atoms with E-state index in [1.54, 1.807) is 0 Å². The van der Waals surface area contributed by atoms with Crippen LogP contribution in [0.1, 0.15) is 56.1 Å². The van der Waals surface area contributed by atoms with E-state index in [1.165, 1.54) is 11.1 Å². The van der Waals surface area contributed by atoms with E-state index in [0.29, 0.717) is 31.6 Å². The molecule has 1 aliphatic carbocycles. The molecule has 2 aliphatic rings. The number of rotatable bonds is 6. The minimum absolute atomic E-state index is 0.00305. The van der Waals surface area contributed by atoms with Gasteiger partial charge in [0.2, 0.25) is 0 Å². The van der Waals surface area contributed by atoms with Crippen molar-refractivity contribution < 1.29 is 19.5 Å². The maximum atomic E-state index is 12.0. The molecule has 1 N–H and O–H groups in total. The zero-order valence-corrected chi connectivity index (χ0v) is 14.5. The monoisotopic (exact) mass is 343 g/mol. The van der Waals surface area contributed by atoms with E-state index in [2.05, 4.69) is 29.2 Å². The van der Waals surface area contributed by atoms with Crippen molar-refractivity contribution in [2.75, 3.05) is 13.1 Å². The minimum Gasteiger partial charge on any atom is -0.481 e. The Kier molecular flexibility index (Phi) is 5.33. The van der Waals surface area contributed by atoms with Crippen molar-refractivity contribution in [3.63, 3.8) is 0 Å². The molecule has 0 radical (unpaired) electrons. The highest BCUT2D eigenvalue weighted by Gasteiger charge is 2.44. The maximum absolute atomic E-state index is 12.0. The first-order valence-electron chi connectivity index (χ1n) is 9.10. The maximum Gasteiger partial charge on any atom is 0.303 e. The number of carboxylic acids is 1. The van der Waals surface area contributed by atoms with E-state index in [9.17, 15) is 14.4 Å². The number of hydrogen-bond acceptors (Lipinski definition) is 4. The Morgan fingerprint density at radius 3 is 2.48 bits per heavy atom. The van der Waals surface area contributed by atoms with Crippen LogP contribution in [0.2, 0.25) is 0 Å². The zero-order chi connectivity index (χ0) is 17.9. The summed E-state index contributed by atoms with van der Waals surface area (Å²) in [5.74, 6) is -0.600. The number of Topliss-reactive ketones (excluding diaryl/α,β-unsaturated/α-hetero) is 2. The van der Waals surface area contributed by atoms with Crippen LogP contribution in [0.4, 0.5) is 0 Å². The van der Waals surface area contributed by atoms with Crippen molar-refractivity contribution in [3.05, 3.63) is 35.4 Å². The van der Waals surface area contributed by atoms with Gasteiger partial charge in [-0.3, -0.25) is 19.3 Å². The van der Waals surface area contributed by atoms with Gasteiger partial charge in [0.05, 0.1) is 6.42 Å². The van der Waals surface area contributed by atoms with Crippen LogP contribution in [0.25, 0.3) is 0 Å². The van der Waals surface area contributed by atoms with Crippen LogP contribution in [-0.4, -0.2) is 40.6 Å². The summed E-state index contributed by atoms with van der Waals surface area (Å²) in [4.78, 5) is 36.8. The molecule has 1 aliphatic heterocycles. The van der Waals surface area contributed by atoms with E-state index in [1.807, 2.05) is 0 Å². The highest BCUT2D eigenvalue weighted by atomic mass is 16.4. The van der Waals surface area contributed by atoms with Crippen LogP contribution in [0.5, 0.6) is 0 Å². The summed E-state index contributed by atoms with van der Waals surface area (Å²) in [6.07, 6.45) is 4.15. The number of ketones is 2. The lowest BCUT2D eigenvalue weighted by Gasteiger charge is -2.50. The van der Waals surface area contributed by atoms with Crippen LogP contribution in [0.15, 0.2) is 24.3 Å². The fourth-order valence-corrected chi connectivity index (χ4v) is 4.32. The molecule has 1 spiro atoms. The highest BCUT2D eigenvalue weighted by molar-refractivity contribution is 5.82. The van der Waals surface area contributed by atoms with E-state index in [4.69, 9.17) is 5.11 Å². The molecule has 1 aromatic rings. The largest absolute Gasteiger partial charge is 0.481 e.